The summed E-state index contributed by atoms with van der Waals surface area (Å²) < 4.78 is 0. The standard InChI is InChI=1S/C6H11N/c1-6(2)7-4-3-5-7/h3-7H,1-2H3. The summed E-state index contributed by atoms with van der Waals surface area (Å²) in [5, 5.41) is 0. The fourth-order valence-corrected chi connectivity index (χ4v) is 0.592. The van der Waals surface area contributed by atoms with Crippen molar-refractivity contribution < 1.29 is 4.90 Å². The Morgan fingerprint density at radius 1 is 1.57 bits per heavy atom. The van der Waals surface area contributed by atoms with Crippen molar-refractivity contribution in [1.29, 1.82) is 0 Å². The van der Waals surface area contributed by atoms with E-state index in [9.17, 15) is 0 Å². The van der Waals surface area contributed by atoms with E-state index in [0.717, 1.165) is 6.04 Å². The molecule has 1 nitrogen and oxygen atoms in total. The Morgan fingerprint density at radius 3 is 2.14 bits per heavy atom. The fourth-order valence-electron chi connectivity index (χ4n) is 0.592. The molecule has 0 aromatic carbocycles. The van der Waals surface area contributed by atoms with E-state index in [1.807, 2.05) is 0 Å². The average Bonchev–Trinajstić information content (AvgIpc) is 1.23. The predicted molar refractivity (Wildman–Crippen MR) is 29.5 cm³/mol. The van der Waals surface area contributed by atoms with E-state index in [1.165, 1.54) is 4.90 Å². The molecule has 0 saturated carbocycles. The van der Waals surface area contributed by atoms with Crippen molar-refractivity contribution in [1.82, 2.24) is 0 Å². The van der Waals surface area contributed by atoms with Crippen molar-refractivity contribution in [3.63, 3.8) is 0 Å². The molecule has 1 rings (SSSR count). The molecule has 0 aromatic heterocycles. The molecule has 0 fully saturated rings. The van der Waals surface area contributed by atoms with Gasteiger partial charge in [0.25, 0.3) is 0 Å². The molecule has 1 atom stereocenters. The van der Waals surface area contributed by atoms with E-state index in [-0.39, 0.29) is 0 Å². The van der Waals surface area contributed by atoms with Gasteiger partial charge in [0.05, 0.1) is 6.04 Å². The third-order valence-corrected chi connectivity index (χ3v) is 1.24. The Bertz CT molecular complexity index is 84.2. The summed E-state index contributed by atoms with van der Waals surface area (Å²) in [6.45, 7) is 6.56. The van der Waals surface area contributed by atoms with Gasteiger partial charge in [0.2, 0.25) is 0 Å². The first kappa shape index (κ1) is 4.72. The van der Waals surface area contributed by atoms with Crippen molar-refractivity contribution >= 4 is 0 Å². The maximum Gasteiger partial charge on any atom is 0.0635 e. The van der Waals surface area contributed by atoms with E-state index in [4.69, 9.17) is 0 Å². The summed E-state index contributed by atoms with van der Waals surface area (Å²) in [7, 11) is 0. The molecule has 0 aliphatic carbocycles. The molecule has 1 aliphatic rings. The van der Waals surface area contributed by atoms with E-state index in [1.54, 1.807) is 0 Å². The van der Waals surface area contributed by atoms with Gasteiger partial charge in [-0.2, -0.15) is 0 Å². The lowest BCUT2D eigenvalue weighted by molar-refractivity contribution is -0.849. The second-order valence-corrected chi connectivity index (χ2v) is 2.18. The van der Waals surface area contributed by atoms with Crippen LogP contribution >= 0.6 is 0 Å². The van der Waals surface area contributed by atoms with E-state index >= 15 is 0 Å². The topological polar surface area (TPSA) is 4.44 Å². The molecular weight excluding hydrogens is 86.1 g/mol. The van der Waals surface area contributed by atoms with Crippen LogP contribution in [-0.2, 0) is 0 Å². The Morgan fingerprint density at radius 2 is 2.14 bits per heavy atom. The van der Waals surface area contributed by atoms with Crippen LogP contribution in [0.25, 0.3) is 0 Å². The maximum absolute atomic E-state index is 2.20. The van der Waals surface area contributed by atoms with Gasteiger partial charge in [0, 0.05) is 0 Å². The fraction of sp³-hybridized carbons (Fsp3) is 0.500. The molecule has 40 valence electrons. The lowest BCUT2D eigenvalue weighted by Gasteiger charge is -2.32. The summed E-state index contributed by atoms with van der Waals surface area (Å²) in [5.74, 6) is 0. The minimum Gasteiger partial charge on any atom is -0.423 e. The smallest absolute Gasteiger partial charge is 0.0635 e. The van der Waals surface area contributed by atoms with Crippen LogP contribution in [0.5, 0.6) is 0 Å². The van der Waals surface area contributed by atoms with Gasteiger partial charge in [-0.15, -0.1) is 6.08 Å². The zero-order valence-electron chi connectivity index (χ0n) is 4.81. The van der Waals surface area contributed by atoms with Gasteiger partial charge in [-0.05, 0) is 13.8 Å². The second-order valence-electron chi connectivity index (χ2n) is 2.18. The Balaban J connectivity index is 2.29. The number of hydrogen-bond acceptors (Lipinski definition) is 0. The summed E-state index contributed by atoms with van der Waals surface area (Å²) in [6, 6.07) is 0.727. The van der Waals surface area contributed by atoms with Gasteiger partial charge in [-0.25, -0.2) is 0 Å². The summed E-state index contributed by atoms with van der Waals surface area (Å²) in [6.07, 6.45) is 4.24. The first-order valence-corrected chi connectivity index (χ1v) is 2.69. The molecule has 1 unspecified atom stereocenters. The average molecular weight is 97.2 g/mol. The lowest BCUT2D eigenvalue weighted by atomic mass is 10.2. The molecule has 1 heterocycles. The highest BCUT2D eigenvalue weighted by Crippen LogP contribution is 1.81. The van der Waals surface area contributed by atoms with Crippen molar-refractivity contribution in [3.8, 4) is 0 Å². The van der Waals surface area contributed by atoms with Crippen LogP contribution in [-0.4, -0.2) is 6.04 Å². The lowest BCUT2D eigenvalue weighted by Crippen LogP contribution is -3.11. The molecule has 0 spiro atoms. The van der Waals surface area contributed by atoms with Gasteiger partial charge >= 0.3 is 0 Å². The molecule has 0 aromatic rings. The van der Waals surface area contributed by atoms with Crippen LogP contribution in [0.4, 0.5) is 0 Å². The number of hydrogen-bond donors (Lipinski definition) is 1. The van der Waals surface area contributed by atoms with Crippen LogP contribution in [0.2, 0.25) is 0 Å². The third kappa shape index (κ3) is 0.775. The highest BCUT2D eigenvalue weighted by Gasteiger charge is 2.03. The zero-order valence-corrected chi connectivity index (χ0v) is 4.81. The quantitative estimate of drug-likeness (QED) is 0.438. The van der Waals surface area contributed by atoms with Gasteiger partial charge in [0.15, 0.2) is 0 Å². The molecule has 1 heteroatoms. The predicted octanol–water partition coefficient (Wildman–Crippen LogP) is -0.0312. The number of nitrogens with one attached hydrogen (secondary N) is 1. The minimum absolute atomic E-state index is 0.727. The summed E-state index contributed by atoms with van der Waals surface area (Å²) >= 11 is 0. The Hall–Kier alpha value is -0.430. The van der Waals surface area contributed by atoms with Crippen molar-refractivity contribution in [2.75, 3.05) is 0 Å². The number of quaternary nitrogens is 1. The van der Waals surface area contributed by atoms with E-state index in [2.05, 4.69) is 32.7 Å². The first-order chi connectivity index (χ1) is 3.30. The zero-order chi connectivity index (χ0) is 5.28. The Kier molecular flexibility index (Phi) is 1.07. The Labute approximate surface area is 44.6 Å². The molecular formula is C6H11N. The highest BCUT2D eigenvalue weighted by molar-refractivity contribution is 4.91. The molecule has 0 bridgehead atoms. The molecule has 7 heavy (non-hydrogen) atoms. The van der Waals surface area contributed by atoms with Crippen LogP contribution in [0, 0.1) is 6.54 Å². The monoisotopic (exact) mass is 97.1 g/mol. The maximum atomic E-state index is 2.20. The van der Waals surface area contributed by atoms with Crippen LogP contribution in [0.3, 0.4) is 0 Å². The van der Waals surface area contributed by atoms with Crippen LogP contribution in [0.1, 0.15) is 13.8 Å². The van der Waals surface area contributed by atoms with Crippen molar-refractivity contribution in [2.24, 2.45) is 0 Å². The van der Waals surface area contributed by atoms with E-state index in [0.29, 0.717) is 0 Å². The summed E-state index contributed by atoms with van der Waals surface area (Å²) in [4.78, 5) is 1.47. The molecule has 1 aliphatic heterocycles. The van der Waals surface area contributed by atoms with Crippen molar-refractivity contribution in [2.45, 2.75) is 19.9 Å². The molecule has 1 N–H and O–H groups in total. The molecule has 0 radical (unpaired) electrons. The van der Waals surface area contributed by atoms with Gasteiger partial charge in [-0.3, -0.25) is 0 Å². The molecule has 0 amide bonds. The van der Waals surface area contributed by atoms with Crippen LogP contribution < -0.4 is 4.90 Å². The first-order valence-electron chi connectivity index (χ1n) is 2.69. The van der Waals surface area contributed by atoms with Crippen molar-refractivity contribution in [3.05, 3.63) is 18.8 Å². The highest BCUT2D eigenvalue weighted by atomic mass is 15.2. The van der Waals surface area contributed by atoms with Gasteiger partial charge in [-0.1, -0.05) is 12.7 Å². The van der Waals surface area contributed by atoms with E-state index < -0.39 is 0 Å². The van der Waals surface area contributed by atoms with Gasteiger partial charge in [0.1, 0.15) is 0 Å². The second kappa shape index (κ2) is 1.58. The van der Waals surface area contributed by atoms with Crippen LogP contribution in [0.15, 0.2) is 12.3 Å². The minimum atomic E-state index is 0.727. The largest absolute Gasteiger partial charge is 0.423 e. The summed E-state index contributed by atoms with van der Waals surface area (Å²) in [5.41, 5.74) is 0. The van der Waals surface area contributed by atoms with Gasteiger partial charge < -0.3 is 4.90 Å². The molecule has 0 saturated heterocycles. The normalized spacial score (nSPS) is 27.0. The SMILES string of the molecule is CC(C)[NH+]1C=C[CH-]1. The third-order valence-electron chi connectivity index (χ3n) is 1.24. The number of rotatable bonds is 1.